The largest absolute Gasteiger partial charge is 0.345 e. The molecule has 1 unspecified atom stereocenters. The molecule has 1 fully saturated rings. The number of fused-ring (bicyclic) bond motifs is 1. The van der Waals surface area contributed by atoms with Crippen molar-refractivity contribution in [3.8, 4) is 0 Å². The fraction of sp³-hybridized carbons (Fsp3) is 0.529. The summed E-state index contributed by atoms with van der Waals surface area (Å²) in [5.74, 6) is -0.236. The first-order valence-electron chi connectivity index (χ1n) is 8.88. The van der Waals surface area contributed by atoms with E-state index < -0.39 is 22.6 Å². The van der Waals surface area contributed by atoms with Gasteiger partial charge < -0.3 is 5.32 Å². The van der Waals surface area contributed by atoms with Gasteiger partial charge in [0.1, 0.15) is 5.82 Å². The summed E-state index contributed by atoms with van der Waals surface area (Å²) in [5.41, 5.74) is 0.751. The molecule has 0 saturated carbocycles. The molecule has 3 rings (SSSR count). The average molecular weight is 415 g/mol. The first kappa shape index (κ1) is 20.6. The Bertz CT molecular complexity index is 955. The number of piperazine rings is 1. The quantitative estimate of drug-likeness (QED) is 0.766. The maximum absolute atomic E-state index is 13.5. The number of amides is 1. The Morgan fingerprint density at radius 2 is 1.86 bits per heavy atom. The third-order valence-electron chi connectivity index (χ3n) is 4.75. The zero-order valence-electron chi connectivity index (χ0n) is 15.7. The predicted molar refractivity (Wildman–Crippen MR) is 100 cm³/mol. The maximum atomic E-state index is 13.5. The highest BCUT2D eigenvalue weighted by molar-refractivity contribution is 7.88. The zero-order valence-corrected chi connectivity index (χ0v) is 16.5. The minimum absolute atomic E-state index is 0.0663. The normalized spacial score (nSPS) is 17.9. The van der Waals surface area contributed by atoms with Gasteiger partial charge in [-0.3, -0.25) is 14.3 Å². The number of nitrogens with zero attached hydrogens (tertiary/aromatic N) is 4. The molecule has 1 aromatic carbocycles. The van der Waals surface area contributed by atoms with E-state index in [2.05, 4.69) is 10.3 Å². The van der Waals surface area contributed by atoms with Crippen LogP contribution >= 0.6 is 0 Å². The molecule has 2 heterocycles. The van der Waals surface area contributed by atoms with E-state index in [1.54, 1.807) is 31.2 Å². The Balaban J connectivity index is 1.64. The van der Waals surface area contributed by atoms with Crippen molar-refractivity contribution in [3.63, 3.8) is 0 Å². The Kier molecular flexibility index (Phi) is 5.96. The lowest BCUT2D eigenvalue weighted by Gasteiger charge is -2.32. The molecular weight excluding hydrogens is 392 g/mol. The van der Waals surface area contributed by atoms with Crippen LogP contribution in [0, 0.1) is 0 Å². The van der Waals surface area contributed by atoms with Crippen LogP contribution in [0.3, 0.4) is 0 Å². The van der Waals surface area contributed by atoms with Crippen molar-refractivity contribution < 1.29 is 22.0 Å². The van der Waals surface area contributed by atoms with Crippen molar-refractivity contribution in [2.75, 3.05) is 39.0 Å². The second kappa shape index (κ2) is 8.10. The highest BCUT2D eigenvalue weighted by atomic mass is 32.2. The third-order valence-corrected chi connectivity index (χ3v) is 6.05. The van der Waals surface area contributed by atoms with Crippen LogP contribution in [-0.2, 0) is 14.8 Å². The summed E-state index contributed by atoms with van der Waals surface area (Å²) in [6, 6.07) is 5.88. The molecule has 1 atom stereocenters. The molecule has 0 aliphatic carbocycles. The predicted octanol–water partition coefficient (Wildman–Crippen LogP) is 1.19. The molecule has 1 aliphatic heterocycles. The minimum Gasteiger partial charge on any atom is -0.345 e. The number of halogens is 2. The number of carbonyl (C=O) groups excluding carboxylic acids is 1. The summed E-state index contributed by atoms with van der Waals surface area (Å²) in [5, 5.41) is 2.71. The van der Waals surface area contributed by atoms with Gasteiger partial charge in [-0.25, -0.2) is 13.4 Å². The van der Waals surface area contributed by atoms with Gasteiger partial charge in [0.05, 0.1) is 29.9 Å². The van der Waals surface area contributed by atoms with Crippen LogP contribution in [0.5, 0.6) is 0 Å². The standard InChI is InChI=1S/C17H23F2N5O3S/c1-12(16-21-13-5-3-4-6-14(13)24(16)17(18)19)20-15(25)11-22-7-9-23(10-8-22)28(2,26)27/h3-6,12,17H,7-11H2,1-2H3,(H,20,25). The Morgan fingerprint density at radius 1 is 1.21 bits per heavy atom. The van der Waals surface area contributed by atoms with E-state index in [9.17, 15) is 22.0 Å². The van der Waals surface area contributed by atoms with Crippen molar-refractivity contribution >= 4 is 27.0 Å². The van der Waals surface area contributed by atoms with E-state index in [0.717, 1.165) is 10.8 Å². The van der Waals surface area contributed by atoms with Gasteiger partial charge in [-0.1, -0.05) is 12.1 Å². The molecule has 154 valence electrons. The highest BCUT2D eigenvalue weighted by Crippen LogP contribution is 2.26. The van der Waals surface area contributed by atoms with Crippen LogP contribution in [0.2, 0.25) is 0 Å². The van der Waals surface area contributed by atoms with Crippen LogP contribution in [0.15, 0.2) is 24.3 Å². The van der Waals surface area contributed by atoms with Gasteiger partial charge in [-0.2, -0.15) is 13.1 Å². The van der Waals surface area contributed by atoms with Crippen LogP contribution in [0.25, 0.3) is 11.0 Å². The van der Waals surface area contributed by atoms with Crippen LogP contribution < -0.4 is 5.32 Å². The molecule has 28 heavy (non-hydrogen) atoms. The lowest BCUT2D eigenvalue weighted by atomic mass is 10.3. The number of carbonyl (C=O) groups is 1. The number of hydrogen-bond acceptors (Lipinski definition) is 5. The van der Waals surface area contributed by atoms with E-state index in [1.165, 1.54) is 4.31 Å². The molecule has 0 bridgehead atoms. The first-order chi connectivity index (χ1) is 13.2. The van der Waals surface area contributed by atoms with E-state index in [-0.39, 0.29) is 18.3 Å². The number of benzene rings is 1. The number of rotatable bonds is 6. The molecule has 1 saturated heterocycles. The molecule has 1 aliphatic rings. The second-order valence-corrected chi connectivity index (χ2v) is 8.82. The molecule has 8 nitrogen and oxygen atoms in total. The van der Waals surface area contributed by atoms with E-state index >= 15 is 0 Å². The maximum Gasteiger partial charge on any atom is 0.320 e. The molecule has 0 spiro atoms. The average Bonchev–Trinajstić information content (AvgIpc) is 3.01. The smallest absolute Gasteiger partial charge is 0.320 e. The monoisotopic (exact) mass is 415 g/mol. The topological polar surface area (TPSA) is 87.5 Å². The zero-order chi connectivity index (χ0) is 20.5. The van der Waals surface area contributed by atoms with Gasteiger partial charge >= 0.3 is 6.55 Å². The number of sulfonamides is 1. The summed E-state index contributed by atoms with van der Waals surface area (Å²) in [6.07, 6.45) is 1.16. The fourth-order valence-corrected chi connectivity index (χ4v) is 4.17. The molecule has 1 aromatic heterocycles. The molecule has 1 N–H and O–H groups in total. The summed E-state index contributed by atoms with van der Waals surface area (Å²) in [7, 11) is -3.23. The summed E-state index contributed by atoms with van der Waals surface area (Å²) >= 11 is 0. The van der Waals surface area contributed by atoms with Gasteiger partial charge in [0.25, 0.3) is 0 Å². The van der Waals surface area contributed by atoms with Crippen LogP contribution in [0.4, 0.5) is 8.78 Å². The van der Waals surface area contributed by atoms with Crippen molar-refractivity contribution in [1.29, 1.82) is 0 Å². The summed E-state index contributed by atoms with van der Waals surface area (Å²) in [4.78, 5) is 18.4. The fourth-order valence-electron chi connectivity index (χ4n) is 3.35. The number of aromatic nitrogens is 2. The van der Waals surface area contributed by atoms with Crippen molar-refractivity contribution in [2.45, 2.75) is 19.5 Å². The molecule has 0 radical (unpaired) electrons. The number of imidazole rings is 1. The van der Waals surface area contributed by atoms with Crippen molar-refractivity contribution in [1.82, 2.24) is 24.1 Å². The number of nitrogens with one attached hydrogen (secondary N) is 1. The Labute approximate surface area is 162 Å². The van der Waals surface area contributed by atoms with E-state index in [4.69, 9.17) is 0 Å². The first-order valence-corrected chi connectivity index (χ1v) is 10.7. The molecule has 2 aromatic rings. The summed E-state index contributed by atoms with van der Waals surface area (Å²) < 4.78 is 52.4. The molecule has 11 heteroatoms. The van der Waals surface area contributed by atoms with Crippen LogP contribution in [-0.4, -0.2) is 72.1 Å². The van der Waals surface area contributed by atoms with Gasteiger partial charge in [0, 0.05) is 26.2 Å². The van der Waals surface area contributed by atoms with Crippen molar-refractivity contribution in [3.05, 3.63) is 30.1 Å². The number of para-hydroxylation sites is 2. The highest BCUT2D eigenvalue weighted by Gasteiger charge is 2.26. The van der Waals surface area contributed by atoms with Gasteiger partial charge in [0.2, 0.25) is 15.9 Å². The number of alkyl halides is 2. The summed E-state index contributed by atoms with van der Waals surface area (Å²) in [6.45, 7) is 0.419. The van der Waals surface area contributed by atoms with Gasteiger partial charge in [-0.15, -0.1) is 0 Å². The lowest BCUT2D eigenvalue weighted by molar-refractivity contribution is -0.123. The Hall–Kier alpha value is -2.11. The second-order valence-electron chi connectivity index (χ2n) is 6.83. The molecule has 1 amide bonds. The SMILES string of the molecule is CC(NC(=O)CN1CCN(S(C)(=O)=O)CC1)c1nc2ccccc2n1C(F)F. The van der Waals surface area contributed by atoms with Crippen molar-refractivity contribution in [2.24, 2.45) is 0 Å². The third kappa shape index (κ3) is 4.47. The van der Waals surface area contributed by atoms with E-state index in [1.807, 2.05) is 4.90 Å². The van der Waals surface area contributed by atoms with Crippen LogP contribution in [0.1, 0.15) is 25.3 Å². The Morgan fingerprint density at radius 3 is 2.46 bits per heavy atom. The lowest BCUT2D eigenvalue weighted by Crippen LogP contribution is -2.51. The minimum atomic E-state index is -3.23. The van der Waals surface area contributed by atoms with Gasteiger partial charge in [0.15, 0.2) is 0 Å². The molecular formula is C17H23F2N5O3S. The van der Waals surface area contributed by atoms with Gasteiger partial charge in [-0.05, 0) is 19.1 Å². The van der Waals surface area contributed by atoms with E-state index in [0.29, 0.717) is 37.2 Å². The number of hydrogen-bond donors (Lipinski definition) is 1.